The fraction of sp³-hybridized carbons (Fsp3) is 0.632. The van der Waals surface area contributed by atoms with Gasteiger partial charge in [-0.05, 0) is 49.8 Å². The second kappa shape index (κ2) is 7.99. The Bertz CT molecular complexity index is 540. The minimum absolute atomic E-state index is 0.104. The highest BCUT2D eigenvalue weighted by molar-refractivity contribution is 5.78. The molecule has 1 N–H and O–H groups in total. The first-order chi connectivity index (χ1) is 11.7. The zero-order valence-electron chi connectivity index (χ0n) is 14.7. The average molecular weight is 332 g/mol. The van der Waals surface area contributed by atoms with Crippen LogP contribution in [0, 0.1) is 0 Å². The summed E-state index contributed by atoms with van der Waals surface area (Å²) in [4.78, 5) is 14.5. The zero-order valence-corrected chi connectivity index (χ0v) is 14.7. The van der Waals surface area contributed by atoms with Gasteiger partial charge >= 0.3 is 0 Å². The van der Waals surface area contributed by atoms with Gasteiger partial charge in [0, 0.05) is 25.7 Å². The summed E-state index contributed by atoms with van der Waals surface area (Å²) in [5.41, 5.74) is 1.32. The molecule has 3 unspecified atom stereocenters. The van der Waals surface area contributed by atoms with Crippen molar-refractivity contribution >= 4 is 5.91 Å². The second-order valence-electron chi connectivity index (χ2n) is 6.92. The fourth-order valence-corrected chi connectivity index (χ4v) is 3.71. The van der Waals surface area contributed by atoms with E-state index in [0.29, 0.717) is 25.0 Å². The van der Waals surface area contributed by atoms with Crippen LogP contribution in [0.3, 0.4) is 0 Å². The first kappa shape index (κ1) is 17.2. The van der Waals surface area contributed by atoms with Crippen LogP contribution in [0.15, 0.2) is 24.3 Å². The van der Waals surface area contributed by atoms with E-state index in [1.165, 1.54) is 5.56 Å². The number of benzene rings is 1. The zero-order chi connectivity index (χ0) is 16.9. The van der Waals surface area contributed by atoms with Gasteiger partial charge in [0.1, 0.15) is 5.75 Å². The van der Waals surface area contributed by atoms with Crippen molar-refractivity contribution in [2.24, 2.45) is 0 Å². The molecule has 2 aliphatic heterocycles. The number of methoxy groups -OCH3 is 1. The largest absolute Gasteiger partial charge is 0.497 e. The predicted molar refractivity (Wildman–Crippen MR) is 93.4 cm³/mol. The van der Waals surface area contributed by atoms with Crippen molar-refractivity contribution in [2.75, 3.05) is 33.4 Å². The van der Waals surface area contributed by atoms with Gasteiger partial charge in [0.25, 0.3) is 0 Å². The number of likely N-dealkylation sites (tertiary alicyclic amines) is 1. The lowest BCUT2D eigenvalue weighted by atomic mass is 9.97. The summed E-state index contributed by atoms with van der Waals surface area (Å²) in [5.74, 6) is 1.47. The third-order valence-corrected chi connectivity index (χ3v) is 5.19. The van der Waals surface area contributed by atoms with Crippen molar-refractivity contribution in [3.63, 3.8) is 0 Å². The molecular formula is C19H28N2O3. The third kappa shape index (κ3) is 4.28. The van der Waals surface area contributed by atoms with Gasteiger partial charge in [-0.3, -0.25) is 9.69 Å². The van der Waals surface area contributed by atoms with Crippen LogP contribution in [-0.2, 0) is 9.53 Å². The van der Waals surface area contributed by atoms with Crippen LogP contribution < -0.4 is 10.1 Å². The highest BCUT2D eigenvalue weighted by Gasteiger charge is 2.31. The first-order valence-corrected chi connectivity index (χ1v) is 8.92. The monoisotopic (exact) mass is 332 g/mol. The Kier molecular flexibility index (Phi) is 5.74. The lowest BCUT2D eigenvalue weighted by molar-refractivity contribution is -0.122. The summed E-state index contributed by atoms with van der Waals surface area (Å²) in [6.07, 6.45) is 3.45. The second-order valence-corrected chi connectivity index (χ2v) is 6.92. The fourth-order valence-electron chi connectivity index (χ4n) is 3.71. The molecule has 0 spiro atoms. The summed E-state index contributed by atoms with van der Waals surface area (Å²) < 4.78 is 10.8. The van der Waals surface area contributed by atoms with Gasteiger partial charge in [-0.25, -0.2) is 0 Å². The lowest BCUT2D eigenvalue weighted by Gasteiger charge is -2.21. The number of nitrogens with one attached hydrogen (secondary N) is 1. The highest BCUT2D eigenvalue weighted by atomic mass is 16.5. The summed E-state index contributed by atoms with van der Waals surface area (Å²) in [5, 5.41) is 3.02. The molecule has 0 bridgehead atoms. The number of amides is 1. The molecule has 24 heavy (non-hydrogen) atoms. The molecule has 1 aromatic carbocycles. The SMILES string of the molecule is COc1ccc(C2CC(C)N(CC(=O)NCC3CCCO3)C2)cc1. The van der Waals surface area contributed by atoms with Crippen LogP contribution in [0.1, 0.15) is 37.7 Å². The van der Waals surface area contributed by atoms with Crippen molar-refractivity contribution in [1.82, 2.24) is 10.2 Å². The van der Waals surface area contributed by atoms with Gasteiger partial charge < -0.3 is 14.8 Å². The first-order valence-electron chi connectivity index (χ1n) is 8.92. The van der Waals surface area contributed by atoms with E-state index in [0.717, 1.165) is 38.2 Å². The number of carbonyl (C=O) groups is 1. The molecule has 5 nitrogen and oxygen atoms in total. The van der Waals surface area contributed by atoms with Crippen molar-refractivity contribution in [3.8, 4) is 5.75 Å². The quantitative estimate of drug-likeness (QED) is 0.867. The molecule has 0 saturated carbocycles. The molecule has 3 atom stereocenters. The van der Waals surface area contributed by atoms with Gasteiger partial charge in [-0.1, -0.05) is 12.1 Å². The Morgan fingerprint density at radius 2 is 2.17 bits per heavy atom. The van der Waals surface area contributed by atoms with Gasteiger partial charge in [0.15, 0.2) is 0 Å². The van der Waals surface area contributed by atoms with Crippen LogP contribution in [0.5, 0.6) is 5.75 Å². The molecule has 132 valence electrons. The summed E-state index contributed by atoms with van der Waals surface area (Å²) >= 11 is 0. The van der Waals surface area contributed by atoms with E-state index >= 15 is 0 Å². The Morgan fingerprint density at radius 3 is 2.83 bits per heavy atom. The standard InChI is InChI=1S/C19H28N2O3/c1-14-10-16(15-5-7-17(23-2)8-6-15)12-21(14)13-19(22)20-11-18-4-3-9-24-18/h5-8,14,16,18H,3-4,9-13H2,1-2H3,(H,20,22). The molecule has 3 rings (SSSR count). The molecule has 2 aliphatic rings. The maximum atomic E-state index is 12.2. The molecule has 2 heterocycles. The Morgan fingerprint density at radius 1 is 1.38 bits per heavy atom. The van der Waals surface area contributed by atoms with E-state index in [4.69, 9.17) is 9.47 Å². The van der Waals surface area contributed by atoms with Crippen LogP contribution in [0.2, 0.25) is 0 Å². The van der Waals surface area contributed by atoms with E-state index in [1.54, 1.807) is 7.11 Å². The molecule has 0 radical (unpaired) electrons. The van der Waals surface area contributed by atoms with Crippen LogP contribution in [0.4, 0.5) is 0 Å². The van der Waals surface area contributed by atoms with Crippen LogP contribution in [0.25, 0.3) is 0 Å². The van der Waals surface area contributed by atoms with Gasteiger partial charge in [0.05, 0.1) is 19.8 Å². The van der Waals surface area contributed by atoms with E-state index in [-0.39, 0.29) is 12.0 Å². The van der Waals surface area contributed by atoms with Crippen LogP contribution >= 0.6 is 0 Å². The number of hydrogen-bond donors (Lipinski definition) is 1. The molecule has 2 fully saturated rings. The van der Waals surface area contributed by atoms with Gasteiger partial charge in [-0.15, -0.1) is 0 Å². The van der Waals surface area contributed by atoms with E-state index in [2.05, 4.69) is 29.3 Å². The van der Waals surface area contributed by atoms with E-state index in [1.807, 2.05) is 12.1 Å². The summed E-state index contributed by atoms with van der Waals surface area (Å²) in [6, 6.07) is 8.72. The number of nitrogens with zero attached hydrogens (tertiary/aromatic N) is 1. The molecule has 5 heteroatoms. The Hall–Kier alpha value is -1.59. The minimum atomic E-state index is 0.104. The third-order valence-electron chi connectivity index (χ3n) is 5.19. The number of rotatable bonds is 6. The van der Waals surface area contributed by atoms with Crippen molar-refractivity contribution in [1.29, 1.82) is 0 Å². The average Bonchev–Trinajstić information content (AvgIpc) is 3.23. The molecule has 1 aromatic rings. The van der Waals surface area contributed by atoms with E-state index in [9.17, 15) is 4.79 Å². The molecule has 0 aromatic heterocycles. The van der Waals surface area contributed by atoms with Crippen molar-refractivity contribution < 1.29 is 14.3 Å². The number of carbonyl (C=O) groups excluding carboxylic acids is 1. The van der Waals surface area contributed by atoms with Crippen molar-refractivity contribution in [3.05, 3.63) is 29.8 Å². The molecule has 0 aliphatic carbocycles. The summed E-state index contributed by atoms with van der Waals surface area (Å²) in [7, 11) is 1.68. The van der Waals surface area contributed by atoms with E-state index < -0.39 is 0 Å². The maximum absolute atomic E-state index is 12.2. The molecule has 1 amide bonds. The Labute approximate surface area is 144 Å². The molecular weight excluding hydrogens is 304 g/mol. The predicted octanol–water partition coefficient (Wildman–Crippen LogP) is 2.17. The molecule has 2 saturated heterocycles. The van der Waals surface area contributed by atoms with Gasteiger partial charge in [-0.2, -0.15) is 0 Å². The maximum Gasteiger partial charge on any atom is 0.234 e. The summed E-state index contributed by atoms with van der Waals surface area (Å²) in [6.45, 7) is 5.08. The van der Waals surface area contributed by atoms with Crippen molar-refractivity contribution in [2.45, 2.75) is 44.2 Å². The number of hydrogen-bond acceptors (Lipinski definition) is 4. The van der Waals surface area contributed by atoms with Crippen LogP contribution in [-0.4, -0.2) is 56.3 Å². The topological polar surface area (TPSA) is 50.8 Å². The highest BCUT2D eigenvalue weighted by Crippen LogP contribution is 2.32. The normalized spacial score (nSPS) is 27.3. The Balaban J connectivity index is 1.48. The van der Waals surface area contributed by atoms with Gasteiger partial charge in [0.2, 0.25) is 5.91 Å². The smallest absolute Gasteiger partial charge is 0.234 e. The minimum Gasteiger partial charge on any atom is -0.497 e. The number of ether oxygens (including phenoxy) is 2. The lowest BCUT2D eigenvalue weighted by Crippen LogP contribution is -2.41.